The van der Waals surface area contributed by atoms with Crippen LogP contribution in [0.4, 0.5) is 0 Å². The van der Waals surface area contributed by atoms with Crippen LogP contribution in [0.5, 0.6) is 0 Å². The molecule has 0 bridgehead atoms. The van der Waals surface area contributed by atoms with Gasteiger partial charge in [-0.05, 0) is 18.6 Å². The number of allylic oxidation sites excluding steroid dienone is 1. The van der Waals surface area contributed by atoms with Gasteiger partial charge in [0.2, 0.25) is 0 Å². The lowest BCUT2D eigenvalue weighted by atomic mass is 9.90. The van der Waals surface area contributed by atoms with E-state index < -0.39 is 21.0 Å². The Morgan fingerprint density at radius 3 is 1.78 bits per heavy atom. The van der Waals surface area contributed by atoms with Crippen LogP contribution in [0.2, 0.25) is 0 Å². The van der Waals surface area contributed by atoms with E-state index in [1.54, 1.807) is 0 Å². The van der Waals surface area contributed by atoms with Gasteiger partial charge in [-0.15, -0.1) is 0 Å². The first-order valence-corrected chi connectivity index (χ1v) is 12.0. The Bertz CT molecular complexity index is 567. The van der Waals surface area contributed by atoms with E-state index in [-0.39, 0.29) is 12.2 Å². The molecule has 0 saturated heterocycles. The normalized spacial score (nSPS) is 22.8. The largest absolute Gasteiger partial charge is 0.508 e. The first kappa shape index (κ1) is 24.2. The summed E-state index contributed by atoms with van der Waals surface area (Å²) in [6.07, 6.45) is 17.6. The zero-order chi connectivity index (χ0) is 20.2. The van der Waals surface area contributed by atoms with Gasteiger partial charge in [0.15, 0.2) is 0 Å². The van der Waals surface area contributed by atoms with Crippen molar-refractivity contribution in [1.29, 1.82) is 0 Å². The molecule has 2 atom stereocenters. The van der Waals surface area contributed by atoms with Gasteiger partial charge in [0.25, 0.3) is 10.1 Å². The smallest absolute Gasteiger partial charge is 0.277 e. The van der Waals surface area contributed by atoms with Crippen molar-refractivity contribution < 1.29 is 23.2 Å². The molecule has 1 aliphatic carbocycles. The van der Waals surface area contributed by atoms with E-state index in [1.165, 1.54) is 69.9 Å². The molecule has 0 radical (unpaired) electrons. The average molecular weight is 403 g/mol. The number of unbranched alkanes of at least 4 members (excludes halogenated alkanes) is 12. The second kappa shape index (κ2) is 12.6. The Balaban J connectivity index is 2.17. The van der Waals surface area contributed by atoms with Gasteiger partial charge in [0.1, 0.15) is 10.5 Å². The Kier molecular flexibility index (Phi) is 11.3. The fourth-order valence-electron chi connectivity index (χ4n) is 3.73. The van der Waals surface area contributed by atoms with Crippen LogP contribution in [0.25, 0.3) is 0 Å². The molecule has 1 aliphatic rings. The van der Waals surface area contributed by atoms with Gasteiger partial charge in [0, 0.05) is 0 Å². The minimum Gasteiger partial charge on any atom is -0.508 e. The second-order valence-corrected chi connectivity index (χ2v) is 9.51. The maximum atomic E-state index is 11.8. The number of hydrogen-bond donors (Lipinski definition) is 3. The average Bonchev–Trinajstić information content (AvgIpc) is 2.60. The number of hydrogen-bond acceptors (Lipinski definition) is 4. The fourth-order valence-corrected chi connectivity index (χ4v) is 4.79. The summed E-state index contributed by atoms with van der Waals surface area (Å²) in [5, 5.41) is 19.7. The van der Waals surface area contributed by atoms with Gasteiger partial charge in [-0.1, -0.05) is 96.5 Å². The van der Waals surface area contributed by atoms with E-state index >= 15 is 0 Å². The van der Waals surface area contributed by atoms with Crippen LogP contribution in [0.1, 0.15) is 96.8 Å². The Labute approximate surface area is 165 Å². The van der Waals surface area contributed by atoms with Crippen molar-refractivity contribution >= 4 is 10.1 Å². The van der Waals surface area contributed by atoms with Crippen LogP contribution in [-0.4, -0.2) is 34.0 Å². The SMILES string of the molecule is CCCCCCCCCCCCCCCC1(S(=O)(=O)O)C=C(O)C=CC1O. The molecule has 0 heterocycles. The van der Waals surface area contributed by atoms with Gasteiger partial charge in [0.05, 0.1) is 6.10 Å². The minimum absolute atomic E-state index is 0.0964. The summed E-state index contributed by atoms with van der Waals surface area (Å²) in [5.74, 6) is -0.243. The molecule has 27 heavy (non-hydrogen) atoms. The Morgan fingerprint density at radius 1 is 0.889 bits per heavy atom. The maximum Gasteiger partial charge on any atom is 0.277 e. The lowest BCUT2D eigenvalue weighted by molar-refractivity contribution is 0.169. The van der Waals surface area contributed by atoms with Gasteiger partial charge < -0.3 is 10.2 Å². The van der Waals surface area contributed by atoms with E-state index in [4.69, 9.17) is 0 Å². The molecule has 0 aromatic carbocycles. The molecule has 0 spiro atoms. The van der Waals surface area contributed by atoms with E-state index in [0.29, 0.717) is 6.42 Å². The maximum absolute atomic E-state index is 11.8. The number of aliphatic hydroxyl groups excluding tert-OH is 2. The summed E-state index contributed by atoms with van der Waals surface area (Å²) in [6.45, 7) is 2.23. The molecule has 1 rings (SSSR count). The molecule has 158 valence electrons. The molecular weight excluding hydrogens is 364 g/mol. The molecule has 0 aromatic rings. The molecule has 0 amide bonds. The third-order valence-electron chi connectivity index (χ3n) is 5.49. The highest BCUT2D eigenvalue weighted by atomic mass is 32.2. The van der Waals surface area contributed by atoms with Gasteiger partial charge in [-0.3, -0.25) is 4.55 Å². The predicted molar refractivity (Wildman–Crippen MR) is 110 cm³/mol. The molecule has 2 unspecified atom stereocenters. The molecule has 5 nitrogen and oxygen atoms in total. The second-order valence-electron chi connectivity index (χ2n) is 7.80. The van der Waals surface area contributed by atoms with Crippen LogP contribution in [0.3, 0.4) is 0 Å². The Hall–Kier alpha value is -0.850. The van der Waals surface area contributed by atoms with Crippen molar-refractivity contribution in [1.82, 2.24) is 0 Å². The van der Waals surface area contributed by atoms with Crippen LogP contribution in [0.15, 0.2) is 24.0 Å². The quantitative estimate of drug-likeness (QED) is 0.249. The highest BCUT2D eigenvalue weighted by Gasteiger charge is 2.47. The summed E-state index contributed by atoms with van der Waals surface area (Å²) in [4.78, 5) is 0. The van der Waals surface area contributed by atoms with E-state index in [2.05, 4.69) is 6.92 Å². The molecule has 0 saturated carbocycles. The zero-order valence-corrected chi connectivity index (χ0v) is 17.6. The lowest BCUT2D eigenvalue weighted by Gasteiger charge is -2.32. The van der Waals surface area contributed by atoms with Crippen LogP contribution >= 0.6 is 0 Å². The lowest BCUT2D eigenvalue weighted by Crippen LogP contribution is -2.48. The standard InChI is InChI=1S/C21H38O5S/c1-2-3-4-5-6-7-8-9-10-11-12-13-14-17-21(27(24,25)26)18-19(22)15-16-20(21)23/h15-16,18,20,22-23H,2-14,17H2,1H3,(H,24,25,26). The van der Waals surface area contributed by atoms with Crippen LogP contribution < -0.4 is 0 Å². The molecular formula is C21H38O5S. The fraction of sp³-hybridized carbons (Fsp3) is 0.810. The number of aliphatic hydroxyl groups is 2. The van der Waals surface area contributed by atoms with Crippen molar-refractivity contribution in [3.05, 3.63) is 24.0 Å². The minimum atomic E-state index is -4.52. The summed E-state index contributed by atoms with van der Waals surface area (Å²) in [6, 6.07) is 0. The molecule has 6 heteroatoms. The molecule has 0 aromatic heterocycles. The van der Waals surface area contributed by atoms with Crippen molar-refractivity contribution in [2.75, 3.05) is 0 Å². The highest BCUT2D eigenvalue weighted by molar-refractivity contribution is 7.87. The topological polar surface area (TPSA) is 94.8 Å². The van der Waals surface area contributed by atoms with Crippen molar-refractivity contribution in [3.63, 3.8) is 0 Å². The first-order chi connectivity index (χ1) is 12.8. The predicted octanol–water partition coefficient (Wildman–Crippen LogP) is 5.47. The highest BCUT2D eigenvalue weighted by Crippen LogP contribution is 2.34. The van der Waals surface area contributed by atoms with Crippen molar-refractivity contribution in [2.24, 2.45) is 0 Å². The van der Waals surface area contributed by atoms with Gasteiger partial charge in [-0.25, -0.2) is 0 Å². The monoisotopic (exact) mass is 402 g/mol. The summed E-state index contributed by atoms with van der Waals surface area (Å²) in [7, 11) is -4.52. The van der Waals surface area contributed by atoms with Crippen molar-refractivity contribution in [3.8, 4) is 0 Å². The number of rotatable bonds is 15. The summed E-state index contributed by atoms with van der Waals surface area (Å²) in [5.41, 5.74) is 0. The van der Waals surface area contributed by atoms with Crippen molar-refractivity contribution in [2.45, 2.75) is 108 Å². The van der Waals surface area contributed by atoms with Gasteiger partial charge in [-0.2, -0.15) is 8.42 Å². The molecule has 0 aliphatic heterocycles. The van der Waals surface area contributed by atoms with Crippen LogP contribution in [-0.2, 0) is 10.1 Å². The van der Waals surface area contributed by atoms with Gasteiger partial charge >= 0.3 is 0 Å². The van der Waals surface area contributed by atoms with E-state index in [0.717, 1.165) is 25.3 Å². The van der Waals surface area contributed by atoms with E-state index in [1.807, 2.05) is 0 Å². The van der Waals surface area contributed by atoms with E-state index in [9.17, 15) is 23.2 Å². The first-order valence-electron chi connectivity index (χ1n) is 10.6. The molecule has 3 N–H and O–H groups in total. The summed E-state index contributed by atoms with van der Waals surface area (Å²) < 4.78 is 31.4. The molecule has 0 fully saturated rings. The zero-order valence-electron chi connectivity index (χ0n) is 16.8. The summed E-state index contributed by atoms with van der Waals surface area (Å²) >= 11 is 0. The van der Waals surface area contributed by atoms with Crippen LogP contribution in [0, 0.1) is 0 Å². The third-order valence-corrected chi connectivity index (χ3v) is 7.02. The third kappa shape index (κ3) is 8.36. The Morgan fingerprint density at radius 2 is 1.33 bits per heavy atom.